The predicted molar refractivity (Wildman–Crippen MR) is 147 cm³/mol. The third-order valence-corrected chi connectivity index (χ3v) is 6.16. The maximum atomic E-state index is 14.7. The van der Waals surface area contributed by atoms with Crippen LogP contribution in [0.2, 0.25) is 0 Å². The van der Waals surface area contributed by atoms with Crippen molar-refractivity contribution in [2.75, 3.05) is 6.61 Å². The number of benzene rings is 4. The summed E-state index contributed by atoms with van der Waals surface area (Å²) in [5.41, 5.74) is -3.59. The Hall–Kier alpha value is -5.10. The Kier molecular flexibility index (Phi) is 10.2. The van der Waals surface area contributed by atoms with Crippen molar-refractivity contribution in [2.45, 2.75) is 32.1 Å². The summed E-state index contributed by atoms with van der Waals surface area (Å²) >= 11 is 0. The van der Waals surface area contributed by atoms with Gasteiger partial charge in [-0.05, 0) is 55.0 Å². The first-order chi connectivity index (χ1) is 21.7. The number of ether oxygens (including phenoxy) is 2. The fraction of sp³-hybridized carbons (Fsp3) is 0.176. The van der Waals surface area contributed by atoms with Crippen LogP contribution in [0.25, 0.3) is 0 Å². The maximum absolute atomic E-state index is 14.7. The smallest absolute Gasteiger partial charge is 0.432 e. The van der Waals surface area contributed by atoms with Crippen molar-refractivity contribution >= 4 is 0 Å². The van der Waals surface area contributed by atoms with Gasteiger partial charge in [-0.2, -0.15) is 22.0 Å². The Labute approximate surface area is 256 Å². The van der Waals surface area contributed by atoms with Gasteiger partial charge < -0.3 is 9.47 Å². The summed E-state index contributed by atoms with van der Waals surface area (Å²) in [4.78, 5) is 0. The standard InChI is InChI=1S/C34H20F10O2/c1-2-3-14-45-25-18-29(38)32(30(39)19-25)34(43,44)46-24-13-12-23(26(35)17-24)11-10-21-6-4-20(5-7-21)8-9-22-15-27(36)31(28(37)16-22)33(40,41)42/h4-7,12-13,15-19H,2-3,14H2,1H3. The van der Waals surface area contributed by atoms with Gasteiger partial charge >= 0.3 is 12.3 Å². The van der Waals surface area contributed by atoms with Crippen molar-refractivity contribution in [3.63, 3.8) is 0 Å². The lowest BCUT2D eigenvalue weighted by Crippen LogP contribution is -2.25. The molecule has 2 nitrogen and oxygen atoms in total. The van der Waals surface area contributed by atoms with Crippen LogP contribution in [0.3, 0.4) is 0 Å². The summed E-state index contributed by atoms with van der Waals surface area (Å²) in [5.74, 6) is 1.12. The summed E-state index contributed by atoms with van der Waals surface area (Å²) in [5, 5.41) is 0. The molecule has 0 amide bonds. The second-order valence-electron chi connectivity index (χ2n) is 9.61. The summed E-state index contributed by atoms with van der Waals surface area (Å²) in [7, 11) is 0. The third-order valence-electron chi connectivity index (χ3n) is 6.16. The Morgan fingerprint density at radius 3 is 1.59 bits per heavy atom. The van der Waals surface area contributed by atoms with Crippen molar-refractivity contribution in [1.82, 2.24) is 0 Å². The predicted octanol–water partition coefficient (Wildman–Crippen LogP) is 9.51. The van der Waals surface area contributed by atoms with Crippen molar-refractivity contribution in [3.8, 4) is 35.2 Å². The molecule has 0 saturated heterocycles. The first-order valence-corrected chi connectivity index (χ1v) is 13.4. The Bertz CT molecular complexity index is 1810. The van der Waals surface area contributed by atoms with E-state index in [2.05, 4.69) is 28.4 Å². The molecule has 0 atom stereocenters. The van der Waals surface area contributed by atoms with Crippen LogP contribution in [0.5, 0.6) is 11.5 Å². The van der Waals surface area contributed by atoms with Crippen LogP contribution in [0.15, 0.2) is 66.7 Å². The lowest BCUT2D eigenvalue weighted by Gasteiger charge is -2.20. The number of hydrogen-bond donors (Lipinski definition) is 0. The van der Waals surface area contributed by atoms with Gasteiger partial charge in [-0.25, -0.2) is 22.0 Å². The van der Waals surface area contributed by atoms with E-state index in [0.29, 0.717) is 47.9 Å². The summed E-state index contributed by atoms with van der Waals surface area (Å²) in [6, 6.07) is 10.4. The second kappa shape index (κ2) is 13.9. The molecule has 238 valence electrons. The average molecular weight is 651 g/mol. The highest BCUT2D eigenvalue weighted by atomic mass is 19.4. The number of halogens is 10. The SMILES string of the molecule is CCCCOc1cc(F)c(C(F)(F)Oc2ccc(C#Cc3ccc(C#Cc4cc(F)c(C(F)(F)F)c(F)c4)cc3)c(F)c2)c(F)c1. The molecule has 0 saturated carbocycles. The summed E-state index contributed by atoms with van der Waals surface area (Å²) in [6.45, 7) is 2.00. The molecule has 4 rings (SSSR count). The van der Waals surface area contributed by atoms with E-state index in [9.17, 15) is 43.9 Å². The van der Waals surface area contributed by atoms with E-state index in [4.69, 9.17) is 4.74 Å². The number of hydrogen-bond acceptors (Lipinski definition) is 2. The largest absolute Gasteiger partial charge is 0.493 e. The molecule has 0 aliphatic carbocycles. The minimum atomic E-state index is -5.21. The molecule has 0 unspecified atom stereocenters. The second-order valence-corrected chi connectivity index (χ2v) is 9.61. The molecule has 0 aliphatic heterocycles. The molecule has 4 aromatic carbocycles. The number of alkyl halides is 5. The first-order valence-electron chi connectivity index (χ1n) is 13.4. The first kappa shape index (κ1) is 33.8. The monoisotopic (exact) mass is 650 g/mol. The van der Waals surface area contributed by atoms with E-state index in [-0.39, 0.29) is 23.5 Å². The van der Waals surface area contributed by atoms with Gasteiger partial charge in [-0.15, -0.1) is 0 Å². The molecular formula is C34H20F10O2. The highest BCUT2D eigenvalue weighted by Crippen LogP contribution is 2.37. The van der Waals surface area contributed by atoms with E-state index in [1.165, 1.54) is 24.3 Å². The molecule has 0 bridgehead atoms. The van der Waals surface area contributed by atoms with Gasteiger partial charge in [0.1, 0.15) is 51.7 Å². The average Bonchev–Trinajstić information content (AvgIpc) is 2.94. The van der Waals surface area contributed by atoms with Crippen LogP contribution < -0.4 is 9.47 Å². The molecule has 4 aromatic rings. The Morgan fingerprint density at radius 1 is 0.565 bits per heavy atom. The molecule has 0 radical (unpaired) electrons. The fourth-order valence-corrected chi connectivity index (χ4v) is 3.94. The van der Waals surface area contributed by atoms with Gasteiger partial charge in [0.2, 0.25) is 0 Å². The molecule has 0 fully saturated rings. The Balaban J connectivity index is 1.45. The third kappa shape index (κ3) is 8.33. The lowest BCUT2D eigenvalue weighted by atomic mass is 10.1. The molecule has 0 aliphatic rings. The molecule has 0 aromatic heterocycles. The van der Waals surface area contributed by atoms with Crippen molar-refractivity contribution in [3.05, 3.63) is 129 Å². The molecule has 0 N–H and O–H groups in total. The lowest BCUT2D eigenvalue weighted by molar-refractivity contribution is -0.189. The zero-order valence-electron chi connectivity index (χ0n) is 23.6. The van der Waals surface area contributed by atoms with Crippen molar-refractivity contribution in [2.24, 2.45) is 0 Å². The van der Waals surface area contributed by atoms with Gasteiger partial charge in [0, 0.05) is 34.9 Å². The van der Waals surface area contributed by atoms with Crippen LogP contribution in [-0.4, -0.2) is 6.61 Å². The number of rotatable bonds is 7. The normalized spacial score (nSPS) is 11.3. The van der Waals surface area contributed by atoms with Gasteiger partial charge in [0.05, 0.1) is 12.2 Å². The molecule has 46 heavy (non-hydrogen) atoms. The van der Waals surface area contributed by atoms with Crippen molar-refractivity contribution < 1.29 is 53.4 Å². The van der Waals surface area contributed by atoms with E-state index in [0.717, 1.165) is 18.6 Å². The molecule has 12 heteroatoms. The van der Waals surface area contributed by atoms with Crippen LogP contribution in [-0.2, 0) is 12.3 Å². The fourth-order valence-electron chi connectivity index (χ4n) is 3.94. The van der Waals surface area contributed by atoms with E-state index in [1.807, 2.05) is 6.92 Å². The Morgan fingerprint density at radius 2 is 1.07 bits per heavy atom. The van der Waals surface area contributed by atoms with Crippen LogP contribution >= 0.6 is 0 Å². The minimum Gasteiger partial charge on any atom is -0.493 e. The van der Waals surface area contributed by atoms with E-state index >= 15 is 0 Å². The van der Waals surface area contributed by atoms with E-state index in [1.54, 1.807) is 0 Å². The van der Waals surface area contributed by atoms with Gasteiger partial charge in [0.15, 0.2) is 0 Å². The topological polar surface area (TPSA) is 18.5 Å². The quantitative estimate of drug-likeness (QED) is 0.113. The van der Waals surface area contributed by atoms with E-state index < -0.39 is 58.2 Å². The highest BCUT2D eigenvalue weighted by molar-refractivity contribution is 5.49. The summed E-state index contributed by atoms with van der Waals surface area (Å²) in [6.07, 6.45) is -8.38. The molecule has 0 spiro atoms. The molecular weight excluding hydrogens is 630 g/mol. The van der Waals surface area contributed by atoms with Crippen molar-refractivity contribution in [1.29, 1.82) is 0 Å². The molecule has 0 heterocycles. The summed E-state index contributed by atoms with van der Waals surface area (Å²) < 4.78 is 148. The van der Waals surface area contributed by atoms with Gasteiger partial charge in [-0.3, -0.25) is 0 Å². The van der Waals surface area contributed by atoms with Crippen LogP contribution in [0, 0.1) is 52.8 Å². The van der Waals surface area contributed by atoms with Gasteiger partial charge in [0.25, 0.3) is 0 Å². The van der Waals surface area contributed by atoms with Gasteiger partial charge in [-0.1, -0.05) is 37.0 Å². The van der Waals surface area contributed by atoms with Crippen LogP contribution in [0.4, 0.5) is 43.9 Å². The minimum absolute atomic E-state index is 0.136. The number of unbranched alkanes of at least 4 members (excludes halogenated alkanes) is 1. The zero-order chi connectivity index (χ0) is 33.6. The highest BCUT2D eigenvalue weighted by Gasteiger charge is 2.41. The van der Waals surface area contributed by atoms with Crippen LogP contribution in [0.1, 0.15) is 53.1 Å². The zero-order valence-corrected chi connectivity index (χ0v) is 23.6. The maximum Gasteiger partial charge on any atom is 0.432 e.